The molecule has 5 heteroatoms. The van der Waals surface area contributed by atoms with Gasteiger partial charge in [-0.05, 0) is 44.6 Å². The molecule has 0 aromatic rings. The SMILES string of the molecule is CC1CCCN(CC(=O)N2CCCCC2)C1C(=O)O. The fourth-order valence-electron chi connectivity index (χ4n) is 3.27. The third-order valence-corrected chi connectivity index (χ3v) is 4.34. The highest BCUT2D eigenvalue weighted by Crippen LogP contribution is 2.23. The topological polar surface area (TPSA) is 60.9 Å². The minimum atomic E-state index is -0.793. The quantitative estimate of drug-likeness (QED) is 0.835. The van der Waals surface area contributed by atoms with Crippen molar-refractivity contribution in [2.45, 2.75) is 45.1 Å². The summed E-state index contributed by atoms with van der Waals surface area (Å²) in [5.41, 5.74) is 0. The Hall–Kier alpha value is -1.10. The van der Waals surface area contributed by atoms with Crippen LogP contribution in [-0.2, 0) is 9.59 Å². The largest absolute Gasteiger partial charge is 0.480 e. The van der Waals surface area contributed by atoms with E-state index in [-0.39, 0.29) is 18.4 Å². The van der Waals surface area contributed by atoms with Crippen molar-refractivity contribution in [1.82, 2.24) is 9.80 Å². The number of nitrogens with zero attached hydrogens (tertiary/aromatic N) is 2. The van der Waals surface area contributed by atoms with Gasteiger partial charge in [0.25, 0.3) is 0 Å². The maximum Gasteiger partial charge on any atom is 0.321 e. The molecule has 0 aliphatic carbocycles. The van der Waals surface area contributed by atoms with E-state index in [4.69, 9.17) is 0 Å². The summed E-state index contributed by atoms with van der Waals surface area (Å²) in [5.74, 6) is -0.570. The Labute approximate surface area is 114 Å². The van der Waals surface area contributed by atoms with Crippen molar-refractivity contribution in [2.24, 2.45) is 5.92 Å². The number of carboxylic acids is 1. The van der Waals surface area contributed by atoms with Gasteiger partial charge in [0.05, 0.1) is 6.54 Å². The van der Waals surface area contributed by atoms with Crippen LogP contribution in [0.1, 0.15) is 39.0 Å². The second-order valence-electron chi connectivity index (χ2n) is 5.81. The first-order chi connectivity index (χ1) is 9.09. The summed E-state index contributed by atoms with van der Waals surface area (Å²) in [7, 11) is 0. The van der Waals surface area contributed by atoms with Gasteiger partial charge in [0.1, 0.15) is 6.04 Å². The summed E-state index contributed by atoms with van der Waals surface area (Å²) in [6, 6.07) is -0.498. The summed E-state index contributed by atoms with van der Waals surface area (Å²) >= 11 is 0. The van der Waals surface area contributed by atoms with E-state index in [1.807, 2.05) is 16.7 Å². The summed E-state index contributed by atoms with van der Waals surface area (Å²) in [5, 5.41) is 9.34. The van der Waals surface area contributed by atoms with E-state index in [2.05, 4.69) is 0 Å². The van der Waals surface area contributed by atoms with Gasteiger partial charge in [-0.3, -0.25) is 14.5 Å². The van der Waals surface area contributed by atoms with E-state index in [1.165, 1.54) is 6.42 Å². The van der Waals surface area contributed by atoms with Gasteiger partial charge in [-0.15, -0.1) is 0 Å². The highest BCUT2D eigenvalue weighted by atomic mass is 16.4. The molecule has 2 unspecified atom stereocenters. The number of piperidine rings is 2. The predicted molar refractivity (Wildman–Crippen MR) is 71.8 cm³/mol. The molecule has 0 aromatic heterocycles. The summed E-state index contributed by atoms with van der Waals surface area (Å²) in [6.07, 6.45) is 5.26. The molecule has 2 aliphatic heterocycles. The van der Waals surface area contributed by atoms with E-state index in [0.717, 1.165) is 45.3 Å². The van der Waals surface area contributed by atoms with Crippen LogP contribution in [0.5, 0.6) is 0 Å². The molecule has 0 radical (unpaired) electrons. The van der Waals surface area contributed by atoms with Gasteiger partial charge in [-0.1, -0.05) is 6.92 Å². The van der Waals surface area contributed by atoms with Crippen LogP contribution < -0.4 is 0 Å². The van der Waals surface area contributed by atoms with Gasteiger partial charge >= 0.3 is 5.97 Å². The van der Waals surface area contributed by atoms with Crippen LogP contribution in [-0.4, -0.2) is 59.0 Å². The third kappa shape index (κ3) is 3.47. The van der Waals surface area contributed by atoms with Gasteiger partial charge < -0.3 is 10.0 Å². The molecule has 0 bridgehead atoms. The molecule has 2 heterocycles. The molecule has 1 N–H and O–H groups in total. The average molecular weight is 268 g/mol. The van der Waals surface area contributed by atoms with Crippen LogP contribution in [0.3, 0.4) is 0 Å². The standard InChI is InChI=1S/C14H24N2O3/c1-11-6-5-9-16(13(11)14(18)19)10-12(17)15-7-3-2-4-8-15/h11,13H,2-10H2,1H3,(H,18,19). The Kier molecular flexibility index (Phi) is 4.80. The summed E-state index contributed by atoms with van der Waals surface area (Å²) in [6.45, 7) is 4.62. The number of carbonyl (C=O) groups excluding carboxylic acids is 1. The molecular weight excluding hydrogens is 244 g/mol. The van der Waals surface area contributed by atoms with Gasteiger partial charge in [0.2, 0.25) is 5.91 Å². The van der Waals surface area contributed by atoms with Crippen LogP contribution >= 0.6 is 0 Å². The molecule has 2 rings (SSSR count). The monoisotopic (exact) mass is 268 g/mol. The molecule has 2 fully saturated rings. The first kappa shape index (κ1) is 14.3. The maximum atomic E-state index is 12.2. The molecule has 0 aromatic carbocycles. The number of rotatable bonds is 3. The number of carbonyl (C=O) groups is 2. The maximum absolute atomic E-state index is 12.2. The van der Waals surface area contributed by atoms with Crippen LogP contribution in [0.25, 0.3) is 0 Å². The molecule has 1 amide bonds. The normalized spacial score (nSPS) is 29.2. The fraction of sp³-hybridized carbons (Fsp3) is 0.857. The van der Waals surface area contributed by atoms with Crippen molar-refractivity contribution in [3.63, 3.8) is 0 Å². The number of likely N-dealkylation sites (tertiary alicyclic amines) is 2. The van der Waals surface area contributed by atoms with Crippen LogP contribution in [0.2, 0.25) is 0 Å². The van der Waals surface area contributed by atoms with Gasteiger partial charge in [0.15, 0.2) is 0 Å². The molecule has 2 aliphatic rings. The third-order valence-electron chi connectivity index (χ3n) is 4.34. The zero-order valence-corrected chi connectivity index (χ0v) is 11.7. The molecule has 2 atom stereocenters. The lowest BCUT2D eigenvalue weighted by atomic mass is 9.91. The minimum Gasteiger partial charge on any atom is -0.480 e. The molecule has 0 saturated carbocycles. The Morgan fingerprint density at radius 2 is 1.79 bits per heavy atom. The van der Waals surface area contributed by atoms with E-state index in [0.29, 0.717) is 0 Å². The van der Waals surface area contributed by atoms with Gasteiger partial charge in [0, 0.05) is 13.1 Å². The number of hydrogen-bond acceptors (Lipinski definition) is 3. The molecule has 108 valence electrons. The zero-order valence-electron chi connectivity index (χ0n) is 11.7. The summed E-state index contributed by atoms with van der Waals surface area (Å²) in [4.78, 5) is 27.3. The van der Waals surface area contributed by atoms with Crippen LogP contribution in [0.4, 0.5) is 0 Å². The average Bonchev–Trinajstić information content (AvgIpc) is 2.39. The predicted octanol–water partition coefficient (Wildman–Crippen LogP) is 1.18. The van der Waals surface area contributed by atoms with Crippen molar-refractivity contribution in [2.75, 3.05) is 26.2 Å². The highest BCUT2D eigenvalue weighted by molar-refractivity contribution is 5.80. The van der Waals surface area contributed by atoms with Crippen molar-refractivity contribution < 1.29 is 14.7 Å². The second kappa shape index (κ2) is 6.37. The first-order valence-electron chi connectivity index (χ1n) is 7.34. The van der Waals surface area contributed by atoms with Crippen molar-refractivity contribution in [3.8, 4) is 0 Å². The second-order valence-corrected chi connectivity index (χ2v) is 5.81. The molecule has 19 heavy (non-hydrogen) atoms. The first-order valence-corrected chi connectivity index (χ1v) is 7.34. The molecule has 0 spiro atoms. The number of carboxylic acid groups (broad SMARTS) is 1. The van der Waals surface area contributed by atoms with Gasteiger partial charge in [-0.2, -0.15) is 0 Å². The Balaban J connectivity index is 1.95. The van der Waals surface area contributed by atoms with E-state index in [9.17, 15) is 14.7 Å². The zero-order chi connectivity index (χ0) is 13.8. The minimum absolute atomic E-state index is 0.0973. The Morgan fingerprint density at radius 1 is 1.11 bits per heavy atom. The lowest BCUT2D eigenvalue weighted by molar-refractivity contribution is -0.148. The number of amides is 1. The van der Waals surface area contributed by atoms with E-state index < -0.39 is 12.0 Å². The lowest BCUT2D eigenvalue weighted by Gasteiger charge is -2.38. The smallest absolute Gasteiger partial charge is 0.321 e. The van der Waals surface area contributed by atoms with Crippen molar-refractivity contribution in [1.29, 1.82) is 0 Å². The van der Waals surface area contributed by atoms with E-state index in [1.54, 1.807) is 0 Å². The van der Waals surface area contributed by atoms with Gasteiger partial charge in [-0.25, -0.2) is 0 Å². The Bertz CT molecular complexity index is 340. The fourth-order valence-corrected chi connectivity index (χ4v) is 3.27. The summed E-state index contributed by atoms with van der Waals surface area (Å²) < 4.78 is 0. The Morgan fingerprint density at radius 3 is 2.42 bits per heavy atom. The lowest BCUT2D eigenvalue weighted by Crippen LogP contribution is -2.53. The van der Waals surface area contributed by atoms with Crippen LogP contribution in [0.15, 0.2) is 0 Å². The molecular formula is C14H24N2O3. The van der Waals surface area contributed by atoms with Crippen LogP contribution in [0, 0.1) is 5.92 Å². The number of hydrogen-bond donors (Lipinski definition) is 1. The van der Waals surface area contributed by atoms with E-state index >= 15 is 0 Å². The highest BCUT2D eigenvalue weighted by Gasteiger charge is 2.35. The number of aliphatic carboxylic acids is 1. The van der Waals surface area contributed by atoms with Crippen molar-refractivity contribution >= 4 is 11.9 Å². The molecule has 5 nitrogen and oxygen atoms in total. The molecule has 2 saturated heterocycles. The van der Waals surface area contributed by atoms with Crippen molar-refractivity contribution in [3.05, 3.63) is 0 Å².